The third-order valence-corrected chi connectivity index (χ3v) is 1.98. The van der Waals surface area contributed by atoms with E-state index in [1.165, 1.54) is 12.1 Å². The van der Waals surface area contributed by atoms with Crippen LogP contribution in [0.5, 0.6) is 0 Å². The summed E-state index contributed by atoms with van der Waals surface area (Å²) >= 11 is 0. The van der Waals surface area contributed by atoms with Crippen molar-refractivity contribution in [3.63, 3.8) is 0 Å². The summed E-state index contributed by atoms with van der Waals surface area (Å²) in [5, 5.41) is 10.7. The number of aromatic nitrogens is 1. The fourth-order valence-electron chi connectivity index (χ4n) is 1.28. The molecular formula is C8H6F2N2O2. The van der Waals surface area contributed by atoms with Crippen molar-refractivity contribution in [2.75, 3.05) is 0 Å². The molecule has 2 N–H and O–H groups in total. The van der Waals surface area contributed by atoms with Gasteiger partial charge in [0.2, 0.25) is 0 Å². The van der Waals surface area contributed by atoms with E-state index in [4.69, 9.17) is 5.11 Å². The Morgan fingerprint density at radius 1 is 1.57 bits per heavy atom. The Kier molecular flexibility index (Phi) is 1.75. The fraction of sp³-hybridized carbons (Fsp3) is 0.250. The molecule has 0 fully saturated rings. The second-order valence-electron chi connectivity index (χ2n) is 2.90. The zero-order valence-electron chi connectivity index (χ0n) is 6.87. The van der Waals surface area contributed by atoms with Gasteiger partial charge in [0.25, 0.3) is 5.91 Å². The molecule has 1 aromatic heterocycles. The maximum Gasteiger partial charge on any atom is 0.333 e. The van der Waals surface area contributed by atoms with Crippen LogP contribution < -0.4 is 5.32 Å². The minimum atomic E-state index is -3.54. The van der Waals surface area contributed by atoms with E-state index in [2.05, 4.69) is 4.98 Å². The van der Waals surface area contributed by atoms with Crippen molar-refractivity contribution >= 4 is 5.91 Å². The molecule has 0 aromatic carbocycles. The molecule has 0 spiro atoms. The molecule has 0 bridgehead atoms. The molecule has 1 amide bonds. The van der Waals surface area contributed by atoms with E-state index in [9.17, 15) is 13.6 Å². The third kappa shape index (κ3) is 1.07. The number of carbonyl (C=O) groups excluding carboxylic acids is 1. The Morgan fingerprint density at radius 2 is 2.29 bits per heavy atom. The van der Waals surface area contributed by atoms with Crippen LogP contribution in [0.1, 0.15) is 16.1 Å². The number of hydrogen-bond donors (Lipinski definition) is 2. The standard InChI is InChI=1S/C8H6F2N2O2/c9-8(10)5-4(2-1-3-11-5)6(13)12-7(8)14/h1-3,7,14H,(H,12,13). The first kappa shape index (κ1) is 9.01. The van der Waals surface area contributed by atoms with Gasteiger partial charge in [-0.2, -0.15) is 8.78 Å². The van der Waals surface area contributed by atoms with Crippen LogP contribution in [-0.4, -0.2) is 22.2 Å². The van der Waals surface area contributed by atoms with Gasteiger partial charge < -0.3 is 10.4 Å². The zero-order valence-corrected chi connectivity index (χ0v) is 6.87. The number of rotatable bonds is 0. The average molecular weight is 200 g/mol. The lowest BCUT2D eigenvalue weighted by atomic mass is 10.0. The molecule has 1 atom stereocenters. The number of alkyl halides is 2. The molecule has 74 valence electrons. The van der Waals surface area contributed by atoms with Crippen molar-refractivity contribution in [2.45, 2.75) is 12.2 Å². The van der Waals surface area contributed by atoms with Crippen LogP contribution in [0.25, 0.3) is 0 Å². The predicted molar refractivity (Wildman–Crippen MR) is 41.6 cm³/mol. The van der Waals surface area contributed by atoms with Crippen LogP contribution in [0, 0.1) is 0 Å². The maximum absolute atomic E-state index is 13.2. The van der Waals surface area contributed by atoms with Crippen LogP contribution in [0.4, 0.5) is 8.78 Å². The Labute approximate surface area is 77.6 Å². The van der Waals surface area contributed by atoms with E-state index >= 15 is 0 Å². The number of aliphatic hydroxyl groups excluding tert-OH is 1. The van der Waals surface area contributed by atoms with Crippen LogP contribution >= 0.6 is 0 Å². The van der Waals surface area contributed by atoms with Gasteiger partial charge in [0.05, 0.1) is 5.56 Å². The normalized spacial score (nSPS) is 23.9. The third-order valence-electron chi connectivity index (χ3n) is 1.98. The van der Waals surface area contributed by atoms with E-state index in [1.54, 1.807) is 5.32 Å². The number of carbonyl (C=O) groups is 1. The molecule has 4 nitrogen and oxygen atoms in total. The number of halogens is 2. The van der Waals surface area contributed by atoms with Gasteiger partial charge in [0.15, 0.2) is 6.23 Å². The zero-order chi connectivity index (χ0) is 10.3. The summed E-state index contributed by atoms with van der Waals surface area (Å²) in [6, 6.07) is 2.61. The van der Waals surface area contributed by atoms with Crippen molar-refractivity contribution in [1.82, 2.24) is 10.3 Å². The maximum atomic E-state index is 13.2. The first-order chi connectivity index (χ1) is 6.53. The molecule has 1 aromatic rings. The molecule has 14 heavy (non-hydrogen) atoms. The molecule has 1 aliphatic heterocycles. The van der Waals surface area contributed by atoms with Crippen LogP contribution in [0.15, 0.2) is 18.3 Å². The molecular weight excluding hydrogens is 194 g/mol. The Bertz CT molecular complexity index is 395. The van der Waals surface area contributed by atoms with E-state index in [1.807, 2.05) is 0 Å². The Morgan fingerprint density at radius 3 is 3.00 bits per heavy atom. The lowest BCUT2D eigenvalue weighted by molar-refractivity contribution is -0.131. The van der Waals surface area contributed by atoms with E-state index in [0.717, 1.165) is 6.20 Å². The summed E-state index contributed by atoms with van der Waals surface area (Å²) in [6.45, 7) is 0. The number of hydrogen-bond acceptors (Lipinski definition) is 3. The number of pyridine rings is 1. The minimum Gasteiger partial charge on any atom is -0.368 e. The summed E-state index contributed by atoms with van der Waals surface area (Å²) in [5.74, 6) is -4.28. The largest absolute Gasteiger partial charge is 0.368 e. The smallest absolute Gasteiger partial charge is 0.333 e. The summed E-state index contributed by atoms with van der Waals surface area (Å²) in [7, 11) is 0. The molecule has 0 radical (unpaired) electrons. The van der Waals surface area contributed by atoms with Gasteiger partial charge in [0, 0.05) is 6.20 Å². The molecule has 0 saturated heterocycles. The van der Waals surface area contributed by atoms with Gasteiger partial charge >= 0.3 is 5.92 Å². The monoisotopic (exact) mass is 200 g/mol. The SMILES string of the molecule is O=C1NC(O)C(F)(F)c2ncccc21. The Balaban J connectivity index is 2.63. The van der Waals surface area contributed by atoms with Gasteiger partial charge in [-0.25, -0.2) is 0 Å². The van der Waals surface area contributed by atoms with E-state index in [-0.39, 0.29) is 5.56 Å². The molecule has 0 aliphatic carbocycles. The highest BCUT2D eigenvalue weighted by Gasteiger charge is 2.49. The summed E-state index contributed by atoms with van der Waals surface area (Å²) in [5.41, 5.74) is -0.890. The number of amides is 1. The molecule has 2 rings (SSSR count). The summed E-state index contributed by atoms with van der Waals surface area (Å²) < 4.78 is 26.5. The first-order valence-corrected chi connectivity index (χ1v) is 3.85. The predicted octanol–water partition coefficient (Wildman–Crippen LogP) is 0.235. The second kappa shape index (κ2) is 2.71. The quantitative estimate of drug-likeness (QED) is 0.630. The summed E-state index contributed by atoms with van der Waals surface area (Å²) in [6.07, 6.45) is -1.06. The van der Waals surface area contributed by atoms with Crippen LogP contribution in [0.2, 0.25) is 0 Å². The topological polar surface area (TPSA) is 62.2 Å². The van der Waals surface area contributed by atoms with Crippen molar-refractivity contribution in [3.05, 3.63) is 29.6 Å². The first-order valence-electron chi connectivity index (χ1n) is 3.85. The lowest BCUT2D eigenvalue weighted by Crippen LogP contribution is -2.51. The number of aliphatic hydroxyl groups is 1. The van der Waals surface area contributed by atoms with Crippen molar-refractivity contribution in [1.29, 1.82) is 0 Å². The Hall–Kier alpha value is -1.56. The number of nitrogens with one attached hydrogen (secondary N) is 1. The fourth-order valence-corrected chi connectivity index (χ4v) is 1.28. The second-order valence-corrected chi connectivity index (χ2v) is 2.90. The van der Waals surface area contributed by atoms with Crippen molar-refractivity contribution < 1.29 is 18.7 Å². The minimum absolute atomic E-state index is 0.206. The molecule has 2 heterocycles. The highest BCUT2D eigenvalue weighted by Crippen LogP contribution is 2.34. The lowest BCUT2D eigenvalue weighted by Gasteiger charge is -2.28. The highest BCUT2D eigenvalue weighted by molar-refractivity contribution is 5.96. The van der Waals surface area contributed by atoms with Crippen molar-refractivity contribution in [2.24, 2.45) is 0 Å². The van der Waals surface area contributed by atoms with Gasteiger partial charge in [-0.3, -0.25) is 9.78 Å². The van der Waals surface area contributed by atoms with Gasteiger partial charge in [0.1, 0.15) is 5.69 Å². The van der Waals surface area contributed by atoms with Gasteiger partial charge in [-0.05, 0) is 12.1 Å². The van der Waals surface area contributed by atoms with E-state index in [0.29, 0.717) is 0 Å². The van der Waals surface area contributed by atoms with E-state index < -0.39 is 23.8 Å². The molecule has 6 heteroatoms. The average Bonchev–Trinajstić information content (AvgIpc) is 2.16. The van der Waals surface area contributed by atoms with Crippen LogP contribution in [0.3, 0.4) is 0 Å². The number of nitrogens with zero attached hydrogens (tertiary/aromatic N) is 1. The highest BCUT2D eigenvalue weighted by atomic mass is 19.3. The van der Waals surface area contributed by atoms with Gasteiger partial charge in [-0.15, -0.1) is 0 Å². The number of fused-ring (bicyclic) bond motifs is 1. The van der Waals surface area contributed by atoms with Gasteiger partial charge in [-0.1, -0.05) is 0 Å². The molecule has 1 aliphatic rings. The molecule has 0 saturated carbocycles. The molecule has 1 unspecified atom stereocenters. The summed E-state index contributed by atoms with van der Waals surface area (Å²) in [4.78, 5) is 14.5. The van der Waals surface area contributed by atoms with Crippen LogP contribution in [-0.2, 0) is 5.92 Å². The van der Waals surface area contributed by atoms with Crippen molar-refractivity contribution in [3.8, 4) is 0 Å².